The third-order valence-corrected chi connectivity index (χ3v) is 4.55. The van der Waals surface area contributed by atoms with E-state index in [9.17, 15) is 14.4 Å². The number of benzene rings is 1. The van der Waals surface area contributed by atoms with Crippen molar-refractivity contribution in [2.75, 3.05) is 24.5 Å². The maximum atomic E-state index is 12.5. The minimum atomic E-state index is -0.899. The molecule has 0 aliphatic carbocycles. The van der Waals surface area contributed by atoms with E-state index >= 15 is 0 Å². The maximum absolute atomic E-state index is 12.5. The van der Waals surface area contributed by atoms with E-state index in [1.807, 2.05) is 6.07 Å². The first-order valence-electron chi connectivity index (χ1n) is 7.99. The molecule has 3 rings (SSSR count). The average molecular weight is 343 g/mol. The number of hydrogen-bond acceptors (Lipinski definition) is 5. The normalized spacial score (nSPS) is 20.9. The molecular weight excluding hydrogens is 326 g/mol. The Bertz CT molecular complexity index is 732. The Labute approximate surface area is 144 Å². The van der Waals surface area contributed by atoms with Gasteiger partial charge < -0.3 is 14.7 Å². The number of likely N-dealkylation sites (tertiary alicyclic amines) is 1. The summed E-state index contributed by atoms with van der Waals surface area (Å²) in [5.41, 5.74) is 1.04. The zero-order valence-corrected chi connectivity index (χ0v) is 13.4. The largest absolute Gasteiger partial charge is 0.481 e. The van der Waals surface area contributed by atoms with Gasteiger partial charge in [0.25, 0.3) is 5.91 Å². The van der Waals surface area contributed by atoms with E-state index in [4.69, 9.17) is 15.1 Å². The van der Waals surface area contributed by atoms with E-state index in [0.717, 1.165) is 0 Å². The SMILES string of the molecule is N#Cc1ccc(N2CC(C(=O)N3CCC(C(=O)O)CC3)OC2=O)cc1. The molecular formula is C17H17N3O5. The van der Waals surface area contributed by atoms with Gasteiger partial charge in [-0.3, -0.25) is 14.5 Å². The van der Waals surface area contributed by atoms with E-state index in [1.54, 1.807) is 29.2 Å². The van der Waals surface area contributed by atoms with Crippen molar-refractivity contribution >= 4 is 23.7 Å². The molecule has 2 heterocycles. The Balaban J connectivity index is 1.63. The second-order valence-electron chi connectivity index (χ2n) is 6.08. The zero-order chi connectivity index (χ0) is 18.0. The van der Waals surface area contributed by atoms with Crippen molar-refractivity contribution in [2.45, 2.75) is 18.9 Å². The lowest BCUT2D eigenvalue weighted by molar-refractivity contribution is -0.147. The van der Waals surface area contributed by atoms with Crippen LogP contribution < -0.4 is 4.90 Å². The highest BCUT2D eigenvalue weighted by molar-refractivity contribution is 5.95. The fourth-order valence-corrected chi connectivity index (χ4v) is 3.07. The number of amides is 2. The number of carboxylic acid groups (broad SMARTS) is 1. The van der Waals surface area contributed by atoms with Crippen LogP contribution in [0.3, 0.4) is 0 Å². The number of hydrogen-bond donors (Lipinski definition) is 1. The van der Waals surface area contributed by atoms with Gasteiger partial charge in [-0.1, -0.05) is 0 Å². The third-order valence-electron chi connectivity index (χ3n) is 4.55. The van der Waals surface area contributed by atoms with Crippen LogP contribution in [0.25, 0.3) is 0 Å². The molecule has 2 aliphatic heterocycles. The first-order chi connectivity index (χ1) is 12.0. The van der Waals surface area contributed by atoms with Gasteiger partial charge in [0.1, 0.15) is 0 Å². The molecule has 0 bridgehead atoms. The summed E-state index contributed by atoms with van der Waals surface area (Å²) in [6, 6.07) is 8.44. The van der Waals surface area contributed by atoms with Gasteiger partial charge in [0, 0.05) is 18.8 Å². The van der Waals surface area contributed by atoms with E-state index < -0.39 is 24.1 Å². The summed E-state index contributed by atoms with van der Waals surface area (Å²) in [6.45, 7) is 0.795. The van der Waals surface area contributed by atoms with Crippen molar-refractivity contribution in [3.8, 4) is 6.07 Å². The first-order valence-corrected chi connectivity index (χ1v) is 7.99. The Morgan fingerprint density at radius 3 is 2.40 bits per heavy atom. The molecule has 8 nitrogen and oxygen atoms in total. The maximum Gasteiger partial charge on any atom is 0.415 e. The summed E-state index contributed by atoms with van der Waals surface area (Å²) >= 11 is 0. The number of nitrogens with zero attached hydrogens (tertiary/aromatic N) is 3. The van der Waals surface area contributed by atoms with Gasteiger partial charge in [-0.05, 0) is 37.1 Å². The predicted octanol–water partition coefficient (Wildman–Crippen LogP) is 1.21. The van der Waals surface area contributed by atoms with Crippen molar-refractivity contribution in [3.63, 3.8) is 0 Å². The second kappa shape index (κ2) is 6.81. The van der Waals surface area contributed by atoms with Crippen LogP contribution in [-0.4, -0.2) is 53.7 Å². The van der Waals surface area contributed by atoms with Crippen molar-refractivity contribution < 1.29 is 24.2 Å². The van der Waals surface area contributed by atoms with Gasteiger partial charge in [-0.15, -0.1) is 0 Å². The Morgan fingerprint density at radius 1 is 1.20 bits per heavy atom. The minimum Gasteiger partial charge on any atom is -0.481 e. The van der Waals surface area contributed by atoms with E-state index in [-0.39, 0.29) is 12.5 Å². The number of aliphatic carboxylic acids is 1. The Hall–Kier alpha value is -3.08. The highest BCUT2D eigenvalue weighted by Gasteiger charge is 2.40. The van der Waals surface area contributed by atoms with Gasteiger partial charge in [0.2, 0.25) is 0 Å². The highest BCUT2D eigenvalue weighted by atomic mass is 16.6. The smallest absolute Gasteiger partial charge is 0.415 e. The molecule has 2 amide bonds. The van der Waals surface area contributed by atoms with Crippen LogP contribution in [0, 0.1) is 17.2 Å². The number of carboxylic acids is 1. The predicted molar refractivity (Wildman–Crippen MR) is 85.7 cm³/mol. The van der Waals surface area contributed by atoms with Crippen molar-refractivity contribution in [3.05, 3.63) is 29.8 Å². The molecule has 1 atom stereocenters. The number of ether oxygens (including phenoxy) is 1. The molecule has 25 heavy (non-hydrogen) atoms. The van der Waals surface area contributed by atoms with Gasteiger partial charge in [0.05, 0.1) is 24.1 Å². The molecule has 2 fully saturated rings. The van der Waals surface area contributed by atoms with Crippen LogP contribution in [0.15, 0.2) is 24.3 Å². The average Bonchev–Trinajstić information content (AvgIpc) is 3.03. The van der Waals surface area contributed by atoms with Crippen LogP contribution in [0.2, 0.25) is 0 Å². The summed E-state index contributed by atoms with van der Waals surface area (Å²) in [5.74, 6) is -1.56. The number of rotatable bonds is 3. The van der Waals surface area contributed by atoms with Crippen molar-refractivity contribution in [2.24, 2.45) is 5.92 Å². The number of nitriles is 1. The number of anilines is 1. The standard InChI is InChI=1S/C17H17N3O5/c18-9-11-1-3-13(4-2-11)20-10-14(25-17(20)24)15(21)19-7-5-12(6-8-19)16(22)23/h1-4,12,14H,5-8,10H2,(H,22,23). The Morgan fingerprint density at radius 2 is 1.84 bits per heavy atom. The van der Waals surface area contributed by atoms with Crippen LogP contribution in [0.5, 0.6) is 0 Å². The number of carbonyl (C=O) groups excluding carboxylic acids is 2. The topological polar surface area (TPSA) is 111 Å². The van der Waals surface area contributed by atoms with Gasteiger partial charge in [-0.25, -0.2) is 4.79 Å². The molecule has 0 aromatic heterocycles. The summed E-state index contributed by atoms with van der Waals surface area (Å²) in [5, 5.41) is 17.8. The van der Waals surface area contributed by atoms with Gasteiger partial charge >= 0.3 is 12.1 Å². The third kappa shape index (κ3) is 3.40. The highest BCUT2D eigenvalue weighted by Crippen LogP contribution is 2.24. The summed E-state index contributed by atoms with van der Waals surface area (Å²) < 4.78 is 5.19. The summed E-state index contributed by atoms with van der Waals surface area (Å²) in [6.07, 6.45) is -0.699. The molecule has 2 saturated heterocycles. The molecule has 0 saturated carbocycles. The zero-order valence-electron chi connectivity index (χ0n) is 13.4. The monoisotopic (exact) mass is 343 g/mol. The number of cyclic esters (lactones) is 1. The molecule has 1 N–H and O–H groups in total. The molecule has 2 aliphatic rings. The number of piperidine rings is 1. The molecule has 130 valence electrons. The van der Waals surface area contributed by atoms with Crippen LogP contribution in [0.4, 0.5) is 10.5 Å². The molecule has 8 heteroatoms. The van der Waals surface area contributed by atoms with Gasteiger partial charge in [-0.2, -0.15) is 5.26 Å². The Kier molecular flexibility index (Phi) is 4.57. The fraction of sp³-hybridized carbons (Fsp3) is 0.412. The summed E-state index contributed by atoms with van der Waals surface area (Å²) in [4.78, 5) is 38.5. The molecule has 0 spiro atoms. The van der Waals surface area contributed by atoms with Crippen LogP contribution in [0.1, 0.15) is 18.4 Å². The molecule has 1 unspecified atom stereocenters. The molecule has 1 aromatic rings. The molecule has 0 radical (unpaired) electrons. The first kappa shape index (κ1) is 16.8. The van der Waals surface area contributed by atoms with Crippen molar-refractivity contribution in [1.82, 2.24) is 4.90 Å². The van der Waals surface area contributed by atoms with Crippen LogP contribution >= 0.6 is 0 Å². The lowest BCUT2D eigenvalue weighted by Crippen LogP contribution is -2.46. The second-order valence-corrected chi connectivity index (χ2v) is 6.08. The fourth-order valence-electron chi connectivity index (χ4n) is 3.07. The lowest BCUT2D eigenvalue weighted by atomic mass is 9.97. The molecule has 1 aromatic carbocycles. The summed E-state index contributed by atoms with van der Waals surface area (Å²) in [7, 11) is 0. The quantitative estimate of drug-likeness (QED) is 0.883. The van der Waals surface area contributed by atoms with E-state index in [2.05, 4.69) is 0 Å². The lowest BCUT2D eigenvalue weighted by Gasteiger charge is -2.31. The van der Waals surface area contributed by atoms with E-state index in [0.29, 0.717) is 37.2 Å². The van der Waals surface area contributed by atoms with Gasteiger partial charge in [0.15, 0.2) is 6.10 Å². The minimum absolute atomic E-state index is 0.0996. The van der Waals surface area contributed by atoms with E-state index in [1.165, 1.54) is 4.90 Å². The van der Waals surface area contributed by atoms with Crippen molar-refractivity contribution in [1.29, 1.82) is 5.26 Å². The number of carbonyl (C=O) groups is 3. The van der Waals surface area contributed by atoms with Crippen LogP contribution in [-0.2, 0) is 14.3 Å².